The van der Waals surface area contributed by atoms with Crippen molar-refractivity contribution in [3.63, 3.8) is 0 Å². The van der Waals surface area contributed by atoms with Crippen molar-refractivity contribution in [3.8, 4) is 56.7 Å². The molecule has 12 aromatic rings. The van der Waals surface area contributed by atoms with Crippen LogP contribution in [0.5, 0.6) is 0 Å². The van der Waals surface area contributed by atoms with E-state index in [0.29, 0.717) is 17.5 Å². The molecule has 4 aromatic heterocycles. The summed E-state index contributed by atoms with van der Waals surface area (Å²) in [6.07, 6.45) is 0. The number of hydrogen-bond acceptors (Lipinski definition) is 5. The summed E-state index contributed by atoms with van der Waals surface area (Å²) in [6, 6.07) is 67.0. The second kappa shape index (κ2) is 13.1. The largest absolute Gasteiger partial charge is 0.295 e. The van der Waals surface area contributed by atoms with E-state index in [0.717, 1.165) is 39.1 Å². The van der Waals surface area contributed by atoms with Crippen molar-refractivity contribution in [2.75, 3.05) is 0 Å². The summed E-state index contributed by atoms with van der Waals surface area (Å²) >= 11 is 3.69. The van der Waals surface area contributed by atoms with Gasteiger partial charge in [-0.2, -0.15) is 0 Å². The fraction of sp³-hybridized carbons (Fsp3) is 0. The average molecular weight is 802 g/mol. The number of hydrogen-bond donors (Lipinski definition) is 0. The molecule has 0 saturated heterocycles. The lowest BCUT2D eigenvalue weighted by atomic mass is 10.0. The van der Waals surface area contributed by atoms with Crippen molar-refractivity contribution in [2.24, 2.45) is 0 Å². The van der Waals surface area contributed by atoms with Gasteiger partial charge in [0.25, 0.3) is 0 Å². The van der Waals surface area contributed by atoms with Crippen molar-refractivity contribution in [1.29, 1.82) is 0 Å². The third-order valence-corrected chi connectivity index (χ3v) is 14.1. The van der Waals surface area contributed by atoms with Gasteiger partial charge in [0.15, 0.2) is 17.5 Å². The second-order valence-corrected chi connectivity index (χ2v) is 17.3. The van der Waals surface area contributed by atoms with E-state index in [1.54, 1.807) is 0 Å². The van der Waals surface area contributed by atoms with Crippen molar-refractivity contribution in [1.82, 2.24) is 24.1 Å². The Balaban J connectivity index is 1.04. The molecule has 0 saturated carbocycles. The Morgan fingerprint density at radius 3 is 1.92 bits per heavy atom. The molecule has 0 atom stereocenters. The van der Waals surface area contributed by atoms with Gasteiger partial charge in [-0.25, -0.2) is 15.0 Å². The molecule has 8 aromatic carbocycles. The zero-order valence-electron chi connectivity index (χ0n) is 32.0. The van der Waals surface area contributed by atoms with Crippen LogP contribution < -0.4 is 0 Å². The Morgan fingerprint density at radius 2 is 1.05 bits per heavy atom. The molecule has 280 valence electrons. The van der Waals surface area contributed by atoms with Gasteiger partial charge < -0.3 is 0 Å². The van der Waals surface area contributed by atoms with Gasteiger partial charge in [0, 0.05) is 68.5 Å². The highest BCUT2D eigenvalue weighted by molar-refractivity contribution is 7.99. The van der Waals surface area contributed by atoms with Crippen molar-refractivity contribution in [3.05, 3.63) is 188 Å². The van der Waals surface area contributed by atoms with E-state index >= 15 is 0 Å². The van der Waals surface area contributed by atoms with Crippen LogP contribution in [0, 0.1) is 0 Å². The minimum Gasteiger partial charge on any atom is -0.295 e. The molecule has 0 radical (unpaired) electrons. The van der Waals surface area contributed by atoms with Crippen LogP contribution in [-0.2, 0) is 0 Å². The van der Waals surface area contributed by atoms with Crippen molar-refractivity contribution in [2.45, 2.75) is 9.79 Å². The van der Waals surface area contributed by atoms with Crippen LogP contribution in [-0.4, -0.2) is 24.1 Å². The van der Waals surface area contributed by atoms with E-state index < -0.39 is 0 Å². The normalized spacial score (nSPS) is 12.3. The predicted octanol–water partition coefficient (Wildman–Crippen LogP) is 14.4. The molecule has 5 heterocycles. The molecule has 0 unspecified atom stereocenters. The monoisotopic (exact) mass is 801 g/mol. The quantitative estimate of drug-likeness (QED) is 0.174. The Hall–Kier alpha value is -7.32. The Bertz CT molecular complexity index is 3690. The van der Waals surface area contributed by atoms with Gasteiger partial charge in [0.1, 0.15) is 5.65 Å². The Kier molecular flexibility index (Phi) is 7.34. The summed E-state index contributed by atoms with van der Waals surface area (Å²) in [5.74, 6) is 1.90. The number of rotatable bonds is 5. The number of thiophene rings is 1. The number of nitrogens with zero attached hydrogens (tertiary/aromatic N) is 5. The first-order chi connectivity index (χ1) is 29.7. The first-order valence-electron chi connectivity index (χ1n) is 20.0. The lowest BCUT2D eigenvalue weighted by Crippen LogP contribution is -2.05. The maximum atomic E-state index is 5.28. The molecule has 5 nitrogen and oxygen atoms in total. The lowest BCUT2D eigenvalue weighted by molar-refractivity contribution is 1.03. The summed E-state index contributed by atoms with van der Waals surface area (Å²) in [4.78, 5) is 18.1. The SMILES string of the molecule is c1ccc(-c2nc(-c3cccc(-c4cccc5c4sc4ccccc45)c3)nc(-c3ccc4c5c6cccc7c6n(c5n(-c5ccccc5)c4c3)-c3ccccc3S7)n2)cc1. The molecule has 0 fully saturated rings. The lowest BCUT2D eigenvalue weighted by Gasteiger charge is -2.21. The zero-order chi connectivity index (χ0) is 39.3. The fourth-order valence-corrected chi connectivity index (χ4v) is 11.4. The van der Waals surface area contributed by atoms with Crippen LogP contribution >= 0.6 is 23.1 Å². The highest BCUT2D eigenvalue weighted by Crippen LogP contribution is 2.50. The molecule has 0 bridgehead atoms. The number of aromatic nitrogens is 5. The summed E-state index contributed by atoms with van der Waals surface area (Å²) in [5.41, 5.74) is 10.9. The van der Waals surface area contributed by atoms with E-state index in [1.165, 1.54) is 62.9 Å². The summed E-state index contributed by atoms with van der Waals surface area (Å²) in [6.45, 7) is 0. The highest BCUT2D eigenvalue weighted by Gasteiger charge is 2.28. The van der Waals surface area contributed by atoms with Gasteiger partial charge in [0.2, 0.25) is 0 Å². The van der Waals surface area contributed by atoms with Gasteiger partial charge >= 0.3 is 0 Å². The van der Waals surface area contributed by atoms with E-state index in [-0.39, 0.29) is 0 Å². The Labute approximate surface area is 352 Å². The topological polar surface area (TPSA) is 48.5 Å². The van der Waals surface area contributed by atoms with Gasteiger partial charge in [-0.3, -0.25) is 9.13 Å². The van der Waals surface area contributed by atoms with Crippen LogP contribution in [0.15, 0.2) is 198 Å². The fourth-order valence-electron chi connectivity index (χ4n) is 9.10. The molecule has 0 amide bonds. The van der Waals surface area contributed by atoms with Crippen LogP contribution in [0.25, 0.3) is 110 Å². The number of benzene rings is 8. The predicted molar refractivity (Wildman–Crippen MR) is 250 cm³/mol. The standard InChI is InChI=1S/C53H31N5S2/c1-3-14-32(15-4-1)50-54-51(34-17-11-16-33(30-34)37-21-12-22-39-38-20-7-9-25-44(38)60-49(37)39)56-52(55-50)35-28-29-40-43(31-35)57(36-18-5-2-6-19-36)53-47(40)41-23-13-27-46-48(41)58(53)42-24-8-10-26-45(42)59-46/h1-31H. The molecule has 0 aliphatic carbocycles. The molecule has 0 N–H and O–H groups in total. The first kappa shape index (κ1) is 33.6. The average Bonchev–Trinajstić information content (AvgIpc) is 3.98. The van der Waals surface area contributed by atoms with E-state index in [2.05, 4.69) is 179 Å². The zero-order valence-corrected chi connectivity index (χ0v) is 33.6. The molecule has 7 heteroatoms. The van der Waals surface area contributed by atoms with Gasteiger partial charge in [-0.1, -0.05) is 151 Å². The molecule has 1 aliphatic heterocycles. The van der Waals surface area contributed by atoms with E-state index in [1.807, 2.05) is 41.3 Å². The maximum Gasteiger partial charge on any atom is 0.164 e. The summed E-state index contributed by atoms with van der Waals surface area (Å²) in [5, 5.41) is 6.24. The summed E-state index contributed by atoms with van der Waals surface area (Å²) in [7, 11) is 0. The molecular formula is C53H31N5S2. The van der Waals surface area contributed by atoms with E-state index in [9.17, 15) is 0 Å². The molecule has 13 rings (SSSR count). The van der Waals surface area contributed by atoms with Gasteiger partial charge in [-0.05, 0) is 59.7 Å². The number of fused-ring (bicyclic) bond motifs is 10. The number of para-hydroxylation sites is 3. The third-order valence-electron chi connectivity index (χ3n) is 11.7. The van der Waals surface area contributed by atoms with Crippen LogP contribution in [0.3, 0.4) is 0 Å². The van der Waals surface area contributed by atoms with Crippen LogP contribution in [0.2, 0.25) is 0 Å². The van der Waals surface area contributed by atoms with Crippen LogP contribution in [0.4, 0.5) is 0 Å². The van der Waals surface area contributed by atoms with Gasteiger partial charge in [-0.15, -0.1) is 11.3 Å². The molecule has 60 heavy (non-hydrogen) atoms. The smallest absolute Gasteiger partial charge is 0.164 e. The molecule has 0 spiro atoms. The molecule has 1 aliphatic rings. The van der Waals surface area contributed by atoms with Crippen LogP contribution in [0.1, 0.15) is 0 Å². The minimum atomic E-state index is 0.626. The third kappa shape index (κ3) is 5.03. The van der Waals surface area contributed by atoms with Gasteiger partial charge in [0.05, 0.1) is 16.7 Å². The van der Waals surface area contributed by atoms with E-state index in [4.69, 9.17) is 15.0 Å². The van der Waals surface area contributed by atoms with Crippen molar-refractivity contribution >= 4 is 76.1 Å². The highest BCUT2D eigenvalue weighted by atomic mass is 32.2. The maximum absolute atomic E-state index is 5.28. The summed E-state index contributed by atoms with van der Waals surface area (Å²) < 4.78 is 7.46. The minimum absolute atomic E-state index is 0.626. The second-order valence-electron chi connectivity index (χ2n) is 15.2. The molecular weight excluding hydrogens is 771 g/mol. The first-order valence-corrected chi connectivity index (χ1v) is 21.7. The Morgan fingerprint density at radius 1 is 0.417 bits per heavy atom. The van der Waals surface area contributed by atoms with Crippen molar-refractivity contribution < 1.29 is 0 Å².